The average molecular weight is 390 g/mol. The number of hydrogen-bond acceptors (Lipinski definition) is 4. The Kier molecular flexibility index (Phi) is 4.90. The lowest BCUT2D eigenvalue weighted by Gasteiger charge is -2.34. The molecule has 0 saturated carbocycles. The average Bonchev–Trinajstić information content (AvgIpc) is 2.54. The van der Waals surface area contributed by atoms with Crippen LogP contribution in [0.2, 0.25) is 0 Å². The number of rotatable bonds is 3. The molecule has 1 N–H and O–H groups in total. The van der Waals surface area contributed by atoms with Crippen LogP contribution in [0.25, 0.3) is 0 Å². The van der Waals surface area contributed by atoms with E-state index in [1.54, 1.807) is 6.92 Å². The monoisotopic (exact) mass is 389 g/mol. The van der Waals surface area contributed by atoms with Crippen molar-refractivity contribution in [2.75, 3.05) is 6.61 Å². The number of hydrogen-bond donors (Lipinski definition) is 1. The predicted molar refractivity (Wildman–Crippen MR) is 95.2 cm³/mol. The first-order chi connectivity index (χ1) is 11.5. The molecule has 0 aromatic heterocycles. The summed E-state index contributed by atoms with van der Waals surface area (Å²) in [6.07, 6.45) is 2.21. The molecule has 1 aromatic carbocycles. The van der Waals surface area contributed by atoms with Crippen molar-refractivity contribution in [3.05, 3.63) is 56.8 Å². The molecule has 1 heterocycles. The number of dihydropyridines is 1. The van der Waals surface area contributed by atoms with E-state index in [2.05, 4.69) is 21.2 Å². The van der Waals surface area contributed by atoms with Gasteiger partial charge in [0, 0.05) is 33.8 Å². The van der Waals surface area contributed by atoms with Crippen molar-refractivity contribution >= 4 is 27.7 Å². The number of Topliss-reactive ketones (excluding diaryl/α,β-unsaturated/α-hetero) is 1. The maximum Gasteiger partial charge on any atom is 0.336 e. The Balaban J connectivity index is 2.17. The molecule has 0 saturated heterocycles. The van der Waals surface area contributed by atoms with Crippen molar-refractivity contribution in [1.82, 2.24) is 5.32 Å². The van der Waals surface area contributed by atoms with Crippen LogP contribution >= 0.6 is 15.9 Å². The van der Waals surface area contributed by atoms with E-state index in [0.717, 1.165) is 34.3 Å². The van der Waals surface area contributed by atoms with Gasteiger partial charge in [-0.1, -0.05) is 28.1 Å². The lowest BCUT2D eigenvalue weighted by molar-refractivity contribution is -0.138. The zero-order valence-electron chi connectivity index (χ0n) is 13.8. The number of carbonyl (C=O) groups is 2. The number of nitrogens with one attached hydrogen (secondary N) is 1. The maximum atomic E-state index is 12.6. The van der Waals surface area contributed by atoms with E-state index in [4.69, 9.17) is 4.74 Å². The Bertz CT molecular complexity index is 764. The highest BCUT2D eigenvalue weighted by Gasteiger charge is 2.38. The Hall–Kier alpha value is -1.88. The van der Waals surface area contributed by atoms with Crippen LogP contribution in [0.4, 0.5) is 0 Å². The first kappa shape index (κ1) is 17.0. The summed E-state index contributed by atoms with van der Waals surface area (Å²) in [5.41, 5.74) is 3.89. The molecule has 0 spiro atoms. The van der Waals surface area contributed by atoms with E-state index in [1.165, 1.54) is 0 Å². The largest absolute Gasteiger partial charge is 0.463 e. The number of benzene rings is 1. The molecule has 2 aliphatic rings. The van der Waals surface area contributed by atoms with E-state index in [0.29, 0.717) is 24.2 Å². The standard InChI is InChI=1S/C19H20BrNO3/c1-3-24-19(23)16-11(2)21-14-8-5-9-15(22)18(14)17(16)12-6-4-7-13(20)10-12/h4,6-7,10,17,21H,3,5,8-9H2,1-2H3/t17-/m0/s1. The van der Waals surface area contributed by atoms with Gasteiger partial charge in [0.2, 0.25) is 0 Å². The topological polar surface area (TPSA) is 55.4 Å². The highest BCUT2D eigenvalue weighted by Crippen LogP contribution is 2.42. The van der Waals surface area contributed by atoms with Crippen LogP contribution in [-0.4, -0.2) is 18.4 Å². The Morgan fingerprint density at radius 2 is 2.17 bits per heavy atom. The second-order valence-electron chi connectivity index (χ2n) is 6.04. The van der Waals surface area contributed by atoms with E-state index in [1.807, 2.05) is 31.2 Å². The fourth-order valence-corrected chi connectivity index (χ4v) is 3.90. The third-order valence-corrected chi connectivity index (χ3v) is 4.95. The molecule has 1 aromatic rings. The molecule has 4 nitrogen and oxygen atoms in total. The second-order valence-corrected chi connectivity index (χ2v) is 6.96. The summed E-state index contributed by atoms with van der Waals surface area (Å²) in [6.45, 7) is 3.97. The quantitative estimate of drug-likeness (QED) is 0.794. The Morgan fingerprint density at radius 3 is 2.88 bits per heavy atom. The van der Waals surface area contributed by atoms with Crippen LogP contribution in [0.5, 0.6) is 0 Å². The molecule has 24 heavy (non-hydrogen) atoms. The van der Waals surface area contributed by atoms with E-state index in [-0.39, 0.29) is 17.7 Å². The van der Waals surface area contributed by atoms with Gasteiger partial charge >= 0.3 is 5.97 Å². The number of halogens is 1. The summed E-state index contributed by atoms with van der Waals surface area (Å²) in [5.74, 6) is -0.619. The first-order valence-electron chi connectivity index (χ1n) is 8.19. The molecule has 3 rings (SSSR count). The molecule has 1 aliphatic carbocycles. The third kappa shape index (κ3) is 3.05. The van der Waals surface area contributed by atoms with Gasteiger partial charge in [-0.05, 0) is 44.4 Å². The predicted octanol–water partition coefficient (Wildman–Crippen LogP) is 3.98. The second kappa shape index (κ2) is 6.93. The van der Waals surface area contributed by atoms with Crippen molar-refractivity contribution in [1.29, 1.82) is 0 Å². The summed E-state index contributed by atoms with van der Waals surface area (Å²) in [5, 5.41) is 3.28. The van der Waals surface area contributed by atoms with Gasteiger partial charge in [0.25, 0.3) is 0 Å². The molecule has 0 fully saturated rings. The van der Waals surface area contributed by atoms with Crippen LogP contribution in [0.15, 0.2) is 51.3 Å². The first-order valence-corrected chi connectivity index (χ1v) is 8.98. The van der Waals surface area contributed by atoms with Gasteiger partial charge in [0.1, 0.15) is 0 Å². The molecule has 1 aliphatic heterocycles. The van der Waals surface area contributed by atoms with Gasteiger partial charge in [-0.15, -0.1) is 0 Å². The zero-order valence-corrected chi connectivity index (χ0v) is 15.4. The third-order valence-electron chi connectivity index (χ3n) is 4.45. The molecule has 0 bridgehead atoms. The van der Waals surface area contributed by atoms with E-state index < -0.39 is 0 Å². The molecular weight excluding hydrogens is 370 g/mol. The van der Waals surface area contributed by atoms with Gasteiger partial charge in [0.15, 0.2) is 5.78 Å². The lowest BCUT2D eigenvalue weighted by atomic mass is 9.75. The molecular formula is C19H20BrNO3. The van der Waals surface area contributed by atoms with Gasteiger partial charge in [-0.3, -0.25) is 4.79 Å². The fourth-order valence-electron chi connectivity index (χ4n) is 3.48. The summed E-state index contributed by atoms with van der Waals surface area (Å²) in [4.78, 5) is 25.2. The van der Waals surface area contributed by atoms with Gasteiger partial charge < -0.3 is 10.1 Å². The number of carbonyl (C=O) groups excluding carboxylic acids is 2. The highest BCUT2D eigenvalue weighted by molar-refractivity contribution is 9.10. The van der Waals surface area contributed by atoms with E-state index in [9.17, 15) is 9.59 Å². The number of esters is 1. The minimum absolute atomic E-state index is 0.114. The van der Waals surface area contributed by atoms with Crippen LogP contribution in [0, 0.1) is 0 Å². The molecule has 0 unspecified atom stereocenters. The maximum absolute atomic E-state index is 12.6. The van der Waals surface area contributed by atoms with Gasteiger partial charge in [-0.25, -0.2) is 4.79 Å². The van der Waals surface area contributed by atoms with Crippen molar-refractivity contribution in [2.45, 2.75) is 39.0 Å². The Morgan fingerprint density at radius 1 is 1.38 bits per heavy atom. The lowest BCUT2D eigenvalue weighted by Crippen LogP contribution is -2.34. The molecule has 0 amide bonds. The SMILES string of the molecule is CCOC(=O)C1=C(C)NC2=C(C(=O)CCC2)[C@H]1c1cccc(Br)c1. The summed E-state index contributed by atoms with van der Waals surface area (Å²) in [6, 6.07) is 7.78. The number of allylic oxidation sites excluding steroid dienone is 3. The van der Waals surface area contributed by atoms with Gasteiger partial charge in [0.05, 0.1) is 12.2 Å². The minimum Gasteiger partial charge on any atom is -0.463 e. The van der Waals surface area contributed by atoms with Crippen LogP contribution < -0.4 is 5.32 Å². The van der Waals surface area contributed by atoms with Crippen LogP contribution in [0.1, 0.15) is 44.6 Å². The smallest absolute Gasteiger partial charge is 0.336 e. The van der Waals surface area contributed by atoms with Crippen LogP contribution in [-0.2, 0) is 14.3 Å². The normalized spacial score (nSPS) is 20.6. The van der Waals surface area contributed by atoms with Crippen LogP contribution in [0.3, 0.4) is 0 Å². The van der Waals surface area contributed by atoms with E-state index >= 15 is 0 Å². The molecule has 0 radical (unpaired) electrons. The fraction of sp³-hybridized carbons (Fsp3) is 0.368. The molecule has 126 valence electrons. The minimum atomic E-state index is -0.370. The van der Waals surface area contributed by atoms with Crippen molar-refractivity contribution in [2.24, 2.45) is 0 Å². The van der Waals surface area contributed by atoms with Crippen molar-refractivity contribution in [3.8, 4) is 0 Å². The highest BCUT2D eigenvalue weighted by atomic mass is 79.9. The Labute approximate surface area is 150 Å². The summed E-state index contributed by atoms with van der Waals surface area (Å²) >= 11 is 3.49. The van der Waals surface area contributed by atoms with Gasteiger partial charge in [-0.2, -0.15) is 0 Å². The molecule has 5 heteroatoms. The number of ether oxygens (including phenoxy) is 1. The summed E-state index contributed by atoms with van der Waals surface area (Å²) < 4.78 is 6.19. The van der Waals surface area contributed by atoms with Crippen molar-refractivity contribution < 1.29 is 14.3 Å². The number of ketones is 1. The summed E-state index contributed by atoms with van der Waals surface area (Å²) in [7, 11) is 0. The van der Waals surface area contributed by atoms with Crippen molar-refractivity contribution in [3.63, 3.8) is 0 Å². The molecule has 1 atom stereocenters. The zero-order chi connectivity index (χ0) is 17.3.